The zero-order valence-corrected chi connectivity index (χ0v) is 10.9. The Morgan fingerprint density at radius 2 is 1.50 bits per heavy atom. The molecule has 0 aromatic heterocycles. The van der Waals surface area contributed by atoms with E-state index in [4.69, 9.17) is 0 Å². The molecule has 0 saturated heterocycles. The number of hydrogen-bond donors (Lipinski definition) is 0. The summed E-state index contributed by atoms with van der Waals surface area (Å²) in [6, 6.07) is 0. The molecule has 0 aliphatic carbocycles. The Balaban J connectivity index is 3.52. The predicted molar refractivity (Wildman–Crippen MR) is 65.3 cm³/mol. The van der Waals surface area contributed by atoms with E-state index in [1.165, 1.54) is 0 Å². The third-order valence-electron chi connectivity index (χ3n) is 2.01. The molecule has 0 fully saturated rings. The molecule has 0 amide bonds. The smallest absolute Gasteiger partial charge is 0.201 e. The maximum absolute atomic E-state index is 11.4. The van der Waals surface area contributed by atoms with Crippen molar-refractivity contribution in [3.8, 4) is 0 Å². The molecule has 4 heteroatoms. The molecular weight excluding hydrogens is 216 g/mol. The van der Waals surface area contributed by atoms with Gasteiger partial charge in [-0.25, -0.2) is 8.42 Å². The van der Waals surface area contributed by atoms with Crippen LogP contribution in [0.15, 0.2) is 0 Å². The van der Waals surface area contributed by atoms with Crippen molar-refractivity contribution in [2.75, 3.05) is 11.5 Å². The molecule has 0 aliphatic heterocycles. The minimum absolute atomic E-state index is 0.359. The summed E-state index contributed by atoms with van der Waals surface area (Å²) in [6.07, 6.45) is 6.23. The normalized spacial score (nSPS) is 11.9. The number of hydrogen-bond acceptors (Lipinski definition) is 3. The minimum Gasteiger partial charge on any atom is -0.217 e. The highest BCUT2D eigenvalue weighted by Gasteiger charge is 2.09. The van der Waals surface area contributed by atoms with Gasteiger partial charge in [0.1, 0.15) is 0 Å². The lowest BCUT2D eigenvalue weighted by Gasteiger charge is -2.02. The third kappa shape index (κ3) is 8.88. The van der Waals surface area contributed by atoms with E-state index < -0.39 is 8.87 Å². The van der Waals surface area contributed by atoms with Gasteiger partial charge in [-0.1, -0.05) is 39.5 Å². The second-order valence-corrected chi connectivity index (χ2v) is 7.90. The van der Waals surface area contributed by atoms with Crippen molar-refractivity contribution >= 4 is 19.7 Å². The molecule has 0 unspecified atom stereocenters. The largest absolute Gasteiger partial charge is 0.217 e. The van der Waals surface area contributed by atoms with E-state index in [1.54, 1.807) is 0 Å². The Hall–Kier alpha value is 0.300. The Morgan fingerprint density at radius 3 is 2.07 bits per heavy atom. The highest BCUT2D eigenvalue weighted by Crippen LogP contribution is 2.17. The summed E-state index contributed by atoms with van der Waals surface area (Å²) >= 11 is 0. The van der Waals surface area contributed by atoms with Gasteiger partial charge < -0.3 is 0 Å². The fourth-order valence-electron chi connectivity index (χ4n) is 1.13. The average Bonchev–Trinajstić information content (AvgIpc) is 2.13. The van der Waals surface area contributed by atoms with Crippen molar-refractivity contribution in [1.82, 2.24) is 0 Å². The summed E-state index contributed by atoms with van der Waals surface area (Å²) < 4.78 is 22.9. The Labute approximate surface area is 92.2 Å². The zero-order valence-electron chi connectivity index (χ0n) is 9.29. The first-order valence-corrected chi connectivity index (χ1v) is 8.65. The summed E-state index contributed by atoms with van der Waals surface area (Å²) in [7, 11) is -1.68. The predicted octanol–water partition coefficient (Wildman–Crippen LogP) is 3.43. The zero-order chi connectivity index (χ0) is 10.9. The molecule has 0 bridgehead atoms. The lowest BCUT2D eigenvalue weighted by molar-refractivity contribution is 0.605. The lowest BCUT2D eigenvalue weighted by Crippen LogP contribution is -2.02. The Bertz CT molecular complexity index is 210. The molecule has 0 rings (SSSR count). The van der Waals surface area contributed by atoms with E-state index in [0.717, 1.165) is 55.1 Å². The Kier molecular flexibility index (Phi) is 8.78. The summed E-state index contributed by atoms with van der Waals surface area (Å²) in [5.41, 5.74) is 0. The topological polar surface area (TPSA) is 34.1 Å². The first kappa shape index (κ1) is 14.3. The highest BCUT2D eigenvalue weighted by atomic mass is 33.1. The fourth-order valence-corrected chi connectivity index (χ4v) is 4.20. The van der Waals surface area contributed by atoms with E-state index in [0.29, 0.717) is 5.75 Å². The first-order valence-electron chi connectivity index (χ1n) is 5.49. The van der Waals surface area contributed by atoms with Crippen molar-refractivity contribution < 1.29 is 8.42 Å². The first-order chi connectivity index (χ1) is 6.62. The maximum Gasteiger partial charge on any atom is 0.201 e. The quantitative estimate of drug-likeness (QED) is 0.456. The van der Waals surface area contributed by atoms with Crippen LogP contribution in [-0.4, -0.2) is 19.9 Å². The second kappa shape index (κ2) is 8.60. The SMILES string of the molecule is CCCCCSS(=O)(=O)CCCCC. The highest BCUT2D eigenvalue weighted by molar-refractivity contribution is 8.72. The van der Waals surface area contributed by atoms with Crippen LogP contribution in [0.25, 0.3) is 0 Å². The molecule has 0 aliphatic rings. The van der Waals surface area contributed by atoms with Crippen molar-refractivity contribution in [2.45, 2.75) is 52.4 Å². The number of rotatable bonds is 9. The van der Waals surface area contributed by atoms with Crippen LogP contribution in [0.3, 0.4) is 0 Å². The summed E-state index contributed by atoms with van der Waals surface area (Å²) in [4.78, 5) is 0. The van der Waals surface area contributed by atoms with E-state index >= 15 is 0 Å². The molecule has 0 atom stereocenters. The van der Waals surface area contributed by atoms with Crippen LogP contribution in [0, 0.1) is 0 Å². The molecule has 0 saturated carbocycles. The molecule has 0 N–H and O–H groups in total. The summed E-state index contributed by atoms with van der Waals surface area (Å²) in [5, 5.41) is 0. The maximum atomic E-state index is 11.4. The van der Waals surface area contributed by atoms with Gasteiger partial charge in [0.15, 0.2) is 0 Å². The van der Waals surface area contributed by atoms with Gasteiger partial charge in [0.05, 0.1) is 5.75 Å². The van der Waals surface area contributed by atoms with Gasteiger partial charge in [-0.2, -0.15) is 0 Å². The molecule has 0 spiro atoms. The molecule has 2 nitrogen and oxygen atoms in total. The van der Waals surface area contributed by atoms with Gasteiger partial charge in [-0.3, -0.25) is 0 Å². The lowest BCUT2D eigenvalue weighted by atomic mass is 10.3. The van der Waals surface area contributed by atoms with Crippen LogP contribution in [-0.2, 0) is 8.87 Å². The second-order valence-electron chi connectivity index (χ2n) is 3.50. The molecule has 86 valence electrons. The standard InChI is InChI=1S/C10H22O2S2/c1-3-5-7-9-13-14(11,12)10-8-6-4-2/h3-10H2,1-2H3. The van der Waals surface area contributed by atoms with Crippen LogP contribution in [0.2, 0.25) is 0 Å². The molecule has 0 radical (unpaired) electrons. The third-order valence-corrected chi connectivity index (χ3v) is 5.69. The minimum atomic E-state index is -2.82. The van der Waals surface area contributed by atoms with E-state index in [2.05, 4.69) is 13.8 Å². The van der Waals surface area contributed by atoms with E-state index in [1.807, 2.05) is 0 Å². The van der Waals surface area contributed by atoms with Crippen LogP contribution in [0.5, 0.6) is 0 Å². The van der Waals surface area contributed by atoms with Gasteiger partial charge in [-0.15, -0.1) is 0 Å². The molecule has 0 aromatic carbocycles. The summed E-state index contributed by atoms with van der Waals surface area (Å²) in [5.74, 6) is 1.12. The van der Waals surface area contributed by atoms with Crippen molar-refractivity contribution in [3.63, 3.8) is 0 Å². The van der Waals surface area contributed by atoms with Crippen LogP contribution in [0.4, 0.5) is 0 Å². The van der Waals surface area contributed by atoms with Crippen LogP contribution < -0.4 is 0 Å². The Morgan fingerprint density at radius 1 is 0.929 bits per heavy atom. The van der Waals surface area contributed by atoms with Crippen LogP contribution in [0.1, 0.15) is 52.4 Å². The molecular formula is C10H22O2S2. The monoisotopic (exact) mass is 238 g/mol. The van der Waals surface area contributed by atoms with Gasteiger partial charge in [-0.05, 0) is 23.6 Å². The summed E-state index contributed by atoms with van der Waals surface area (Å²) in [6.45, 7) is 4.21. The van der Waals surface area contributed by atoms with Crippen molar-refractivity contribution in [3.05, 3.63) is 0 Å². The van der Waals surface area contributed by atoms with Crippen molar-refractivity contribution in [2.24, 2.45) is 0 Å². The molecule has 0 aromatic rings. The average molecular weight is 238 g/mol. The van der Waals surface area contributed by atoms with E-state index in [9.17, 15) is 8.42 Å². The van der Waals surface area contributed by atoms with Crippen molar-refractivity contribution in [1.29, 1.82) is 0 Å². The fraction of sp³-hybridized carbons (Fsp3) is 1.00. The molecule has 14 heavy (non-hydrogen) atoms. The van der Waals surface area contributed by atoms with Gasteiger partial charge in [0, 0.05) is 5.75 Å². The van der Waals surface area contributed by atoms with Gasteiger partial charge in [0.2, 0.25) is 8.87 Å². The van der Waals surface area contributed by atoms with E-state index in [-0.39, 0.29) is 0 Å². The van der Waals surface area contributed by atoms with Crippen LogP contribution >= 0.6 is 10.8 Å². The number of unbranched alkanes of at least 4 members (excludes halogenated alkanes) is 4. The van der Waals surface area contributed by atoms with Gasteiger partial charge in [0.25, 0.3) is 0 Å². The van der Waals surface area contributed by atoms with Gasteiger partial charge >= 0.3 is 0 Å². The molecule has 0 heterocycles.